The molecular formula is C19H24O8S2. The first kappa shape index (κ1) is 23.5. The minimum atomic E-state index is -3.96. The number of hydrogen-bond acceptors (Lipinski definition) is 8. The van der Waals surface area contributed by atoms with Gasteiger partial charge in [0.25, 0.3) is 20.2 Å². The van der Waals surface area contributed by atoms with Gasteiger partial charge in [0.05, 0.1) is 23.0 Å². The third-order valence-electron chi connectivity index (χ3n) is 3.87. The van der Waals surface area contributed by atoms with E-state index < -0.39 is 33.1 Å². The molecule has 0 N–H and O–H groups in total. The van der Waals surface area contributed by atoms with Gasteiger partial charge in [0.1, 0.15) is 6.61 Å². The van der Waals surface area contributed by atoms with Gasteiger partial charge in [-0.2, -0.15) is 16.8 Å². The lowest BCUT2D eigenvalue weighted by molar-refractivity contribution is -0.144. The van der Waals surface area contributed by atoms with Crippen molar-refractivity contribution in [2.24, 2.45) is 0 Å². The van der Waals surface area contributed by atoms with Crippen LogP contribution in [-0.2, 0) is 38.1 Å². The van der Waals surface area contributed by atoms with Crippen molar-refractivity contribution in [1.82, 2.24) is 0 Å². The minimum Gasteiger partial charge on any atom is -0.353 e. The second kappa shape index (κ2) is 10.3. The third-order valence-corrected chi connectivity index (χ3v) is 6.49. The number of rotatable bonds is 11. The smallest absolute Gasteiger partial charge is 0.297 e. The normalized spacial score (nSPS) is 13.3. The molecule has 2 rings (SSSR count). The van der Waals surface area contributed by atoms with Gasteiger partial charge in [0.15, 0.2) is 6.29 Å². The van der Waals surface area contributed by atoms with Crippen LogP contribution >= 0.6 is 0 Å². The molecule has 0 aromatic heterocycles. The molecule has 0 fully saturated rings. The van der Waals surface area contributed by atoms with Crippen LogP contribution in [-0.4, -0.2) is 50.1 Å². The summed E-state index contributed by atoms with van der Waals surface area (Å²) in [5.74, 6) is 0. The summed E-state index contributed by atoms with van der Waals surface area (Å²) in [6.07, 6.45) is -1.01. The highest BCUT2D eigenvalue weighted by Gasteiger charge is 2.19. The highest BCUT2D eigenvalue weighted by molar-refractivity contribution is 7.87. The Morgan fingerprint density at radius 1 is 0.724 bits per heavy atom. The highest BCUT2D eigenvalue weighted by Crippen LogP contribution is 2.15. The predicted octanol–water partition coefficient (Wildman–Crippen LogP) is 2.40. The third kappa shape index (κ3) is 7.18. The molecule has 10 heteroatoms. The molecule has 160 valence electrons. The molecule has 2 aromatic rings. The Balaban J connectivity index is 1.81. The van der Waals surface area contributed by atoms with Gasteiger partial charge in [-0.05, 0) is 38.1 Å². The lowest BCUT2D eigenvalue weighted by Gasteiger charge is -2.16. The molecule has 1 atom stereocenters. The average molecular weight is 445 g/mol. The van der Waals surface area contributed by atoms with Crippen molar-refractivity contribution in [1.29, 1.82) is 0 Å². The quantitative estimate of drug-likeness (QED) is 0.296. The molecule has 0 amide bonds. The van der Waals surface area contributed by atoms with Gasteiger partial charge in [-0.1, -0.05) is 35.4 Å². The lowest BCUT2D eigenvalue weighted by Crippen LogP contribution is -2.26. The van der Waals surface area contributed by atoms with Crippen LogP contribution in [0.15, 0.2) is 58.3 Å². The summed E-state index contributed by atoms with van der Waals surface area (Å²) in [7, 11) is -6.55. The van der Waals surface area contributed by atoms with E-state index in [1.165, 1.54) is 31.4 Å². The van der Waals surface area contributed by atoms with Crippen molar-refractivity contribution in [3.8, 4) is 0 Å². The van der Waals surface area contributed by atoms with Crippen molar-refractivity contribution in [3.05, 3.63) is 59.7 Å². The number of methoxy groups -OCH3 is 1. The van der Waals surface area contributed by atoms with Gasteiger partial charge in [-0.15, -0.1) is 0 Å². The van der Waals surface area contributed by atoms with Crippen molar-refractivity contribution in [3.63, 3.8) is 0 Å². The fourth-order valence-corrected chi connectivity index (χ4v) is 3.99. The van der Waals surface area contributed by atoms with Crippen LogP contribution in [0.1, 0.15) is 11.1 Å². The van der Waals surface area contributed by atoms with Crippen LogP contribution < -0.4 is 0 Å². The van der Waals surface area contributed by atoms with E-state index in [4.69, 9.17) is 17.8 Å². The van der Waals surface area contributed by atoms with Crippen LogP contribution in [0.4, 0.5) is 0 Å². The zero-order chi connectivity index (χ0) is 21.5. The number of benzene rings is 2. The zero-order valence-electron chi connectivity index (χ0n) is 16.4. The Labute approximate surface area is 171 Å². The molecule has 0 saturated heterocycles. The molecule has 0 aliphatic carbocycles. The SMILES string of the molecule is COC(COS(=O)(=O)c1ccc(C)cc1)OCCOS(=O)(=O)c1ccc(C)cc1. The Hall–Kier alpha value is -1.82. The molecule has 0 aliphatic rings. The lowest BCUT2D eigenvalue weighted by atomic mass is 10.2. The Morgan fingerprint density at radius 2 is 1.17 bits per heavy atom. The topological polar surface area (TPSA) is 105 Å². The second-order valence-corrected chi connectivity index (χ2v) is 9.41. The van der Waals surface area contributed by atoms with Crippen LogP contribution in [0.5, 0.6) is 0 Å². The molecule has 1 unspecified atom stereocenters. The molecule has 0 saturated carbocycles. The van der Waals surface area contributed by atoms with E-state index in [0.29, 0.717) is 0 Å². The molecule has 29 heavy (non-hydrogen) atoms. The van der Waals surface area contributed by atoms with Crippen LogP contribution in [0.2, 0.25) is 0 Å². The summed E-state index contributed by atoms with van der Waals surface area (Å²) in [5.41, 5.74) is 1.85. The summed E-state index contributed by atoms with van der Waals surface area (Å²) in [6, 6.07) is 12.4. The maximum atomic E-state index is 12.2. The predicted molar refractivity (Wildman–Crippen MR) is 105 cm³/mol. The van der Waals surface area contributed by atoms with E-state index in [0.717, 1.165) is 11.1 Å². The van der Waals surface area contributed by atoms with Gasteiger partial charge < -0.3 is 9.47 Å². The molecule has 0 radical (unpaired) electrons. The standard InChI is InChI=1S/C19H24O8S2/c1-15-4-8-17(9-5-15)28(20,21)26-13-12-25-19(24-3)14-27-29(22,23)18-10-6-16(2)7-11-18/h4-11,19H,12-14H2,1-3H3. The maximum absolute atomic E-state index is 12.2. The fraction of sp³-hybridized carbons (Fsp3) is 0.368. The molecule has 8 nitrogen and oxygen atoms in total. The largest absolute Gasteiger partial charge is 0.353 e. The first-order valence-corrected chi connectivity index (χ1v) is 11.5. The molecule has 0 spiro atoms. The molecule has 2 aromatic carbocycles. The maximum Gasteiger partial charge on any atom is 0.297 e. The van der Waals surface area contributed by atoms with Crippen molar-refractivity contribution >= 4 is 20.2 Å². The molecule has 0 aliphatic heterocycles. The van der Waals surface area contributed by atoms with E-state index in [1.54, 1.807) is 24.3 Å². The number of ether oxygens (including phenoxy) is 2. The van der Waals surface area contributed by atoms with E-state index in [9.17, 15) is 16.8 Å². The van der Waals surface area contributed by atoms with Gasteiger partial charge in [-0.3, -0.25) is 8.37 Å². The molecule has 0 bridgehead atoms. The summed E-state index contributed by atoms with van der Waals surface area (Å²) < 4.78 is 68.7. The average Bonchev–Trinajstić information content (AvgIpc) is 2.68. The van der Waals surface area contributed by atoms with Crippen LogP contribution in [0, 0.1) is 13.8 Å². The fourth-order valence-electron chi connectivity index (χ4n) is 2.20. The summed E-state index contributed by atoms with van der Waals surface area (Å²) in [4.78, 5) is 0.0596. The van der Waals surface area contributed by atoms with Gasteiger partial charge >= 0.3 is 0 Å². The summed E-state index contributed by atoms with van der Waals surface area (Å²) in [6.45, 7) is 2.89. The number of hydrogen-bond donors (Lipinski definition) is 0. The summed E-state index contributed by atoms with van der Waals surface area (Å²) >= 11 is 0. The van der Waals surface area contributed by atoms with Crippen molar-refractivity contribution < 1.29 is 34.7 Å². The Bertz CT molecular complexity index is 982. The Morgan fingerprint density at radius 3 is 1.62 bits per heavy atom. The highest BCUT2D eigenvalue weighted by atomic mass is 32.2. The van der Waals surface area contributed by atoms with Gasteiger partial charge in [0.2, 0.25) is 0 Å². The van der Waals surface area contributed by atoms with E-state index >= 15 is 0 Å². The van der Waals surface area contributed by atoms with Crippen molar-refractivity contribution in [2.75, 3.05) is 26.9 Å². The van der Waals surface area contributed by atoms with Gasteiger partial charge in [0, 0.05) is 7.11 Å². The number of aryl methyl sites for hydroxylation is 2. The van der Waals surface area contributed by atoms with E-state index in [1.807, 2.05) is 13.8 Å². The summed E-state index contributed by atoms with van der Waals surface area (Å²) in [5, 5.41) is 0. The molecule has 0 heterocycles. The van der Waals surface area contributed by atoms with Crippen molar-refractivity contribution in [2.45, 2.75) is 29.9 Å². The first-order chi connectivity index (χ1) is 13.6. The van der Waals surface area contributed by atoms with E-state index in [-0.39, 0.29) is 23.0 Å². The Kier molecular flexibility index (Phi) is 8.32. The van der Waals surface area contributed by atoms with Crippen LogP contribution in [0.25, 0.3) is 0 Å². The minimum absolute atomic E-state index is 0.0190. The second-order valence-electron chi connectivity index (χ2n) is 6.18. The van der Waals surface area contributed by atoms with Gasteiger partial charge in [-0.25, -0.2) is 0 Å². The molecular weight excluding hydrogens is 420 g/mol. The first-order valence-electron chi connectivity index (χ1n) is 8.70. The van der Waals surface area contributed by atoms with E-state index in [2.05, 4.69) is 0 Å². The monoisotopic (exact) mass is 444 g/mol. The van der Waals surface area contributed by atoms with Crippen LogP contribution in [0.3, 0.4) is 0 Å². The zero-order valence-corrected chi connectivity index (χ0v) is 18.0.